The van der Waals surface area contributed by atoms with E-state index in [1.807, 2.05) is 18.2 Å². The second-order valence-electron chi connectivity index (χ2n) is 7.19. The van der Waals surface area contributed by atoms with Gasteiger partial charge in [-0.25, -0.2) is 4.39 Å². The minimum Gasteiger partial charge on any atom is -0.489 e. The van der Waals surface area contributed by atoms with Crippen LogP contribution in [0.3, 0.4) is 0 Å². The predicted molar refractivity (Wildman–Crippen MR) is 124 cm³/mol. The highest BCUT2D eigenvalue weighted by Crippen LogP contribution is 2.29. The van der Waals surface area contributed by atoms with Crippen LogP contribution in [-0.2, 0) is 13.2 Å². The number of hydrogen-bond acceptors (Lipinski definition) is 2. The number of benzene rings is 4. The highest BCUT2D eigenvalue weighted by atomic mass is 35.5. The van der Waals surface area contributed by atoms with Gasteiger partial charge in [-0.15, -0.1) is 12.4 Å². The molecule has 0 saturated carbocycles. The van der Waals surface area contributed by atoms with Crippen molar-refractivity contribution in [3.05, 3.63) is 114 Å². The van der Waals surface area contributed by atoms with E-state index < -0.39 is 0 Å². The fraction of sp³-hybridized carbons (Fsp3) is 0.154. The molecule has 30 heavy (non-hydrogen) atoms. The van der Waals surface area contributed by atoms with E-state index in [0.29, 0.717) is 13.2 Å². The smallest absolute Gasteiger partial charge is 0.124 e. The highest BCUT2D eigenvalue weighted by molar-refractivity contribution is 5.87. The lowest BCUT2D eigenvalue weighted by atomic mass is 10.0. The van der Waals surface area contributed by atoms with E-state index in [4.69, 9.17) is 4.74 Å². The third-order valence-electron chi connectivity index (χ3n) is 5.19. The van der Waals surface area contributed by atoms with Crippen LogP contribution in [0.25, 0.3) is 10.8 Å². The lowest BCUT2D eigenvalue weighted by molar-refractivity contribution is 0.302. The first kappa shape index (κ1) is 21.8. The molecule has 0 amide bonds. The van der Waals surface area contributed by atoms with E-state index in [2.05, 4.69) is 60.8 Å². The molecule has 0 heterocycles. The zero-order valence-corrected chi connectivity index (χ0v) is 17.7. The van der Waals surface area contributed by atoms with Crippen LogP contribution in [0.5, 0.6) is 5.75 Å². The minimum absolute atomic E-state index is 0. The SMILES string of the molecule is CC(NCc1c(OCc2ccc(F)cc2)ccc2ccccc12)c1ccccc1.Cl. The summed E-state index contributed by atoms with van der Waals surface area (Å²) in [5, 5.41) is 5.99. The van der Waals surface area contributed by atoms with Crippen molar-refractivity contribution < 1.29 is 9.13 Å². The molecule has 0 bridgehead atoms. The first-order valence-corrected chi connectivity index (χ1v) is 9.87. The second-order valence-corrected chi connectivity index (χ2v) is 7.19. The maximum Gasteiger partial charge on any atom is 0.124 e. The molecule has 0 aliphatic carbocycles. The monoisotopic (exact) mass is 421 g/mol. The average molecular weight is 422 g/mol. The standard InChI is InChI=1S/C26H24FNO.ClH/c1-19(21-7-3-2-4-8-21)28-17-25-24-10-6-5-9-22(24)13-16-26(25)29-18-20-11-14-23(27)15-12-20;/h2-16,19,28H,17-18H2,1H3;1H. The molecule has 0 saturated heterocycles. The van der Waals surface area contributed by atoms with Crippen LogP contribution < -0.4 is 10.1 Å². The zero-order chi connectivity index (χ0) is 20.1. The largest absolute Gasteiger partial charge is 0.489 e. The Labute approximate surface area is 183 Å². The van der Waals surface area contributed by atoms with Crippen LogP contribution >= 0.6 is 12.4 Å². The summed E-state index contributed by atoms with van der Waals surface area (Å²) in [6.45, 7) is 3.26. The van der Waals surface area contributed by atoms with Crippen molar-refractivity contribution >= 4 is 23.2 Å². The summed E-state index contributed by atoms with van der Waals surface area (Å²) >= 11 is 0. The van der Waals surface area contributed by atoms with Gasteiger partial charge < -0.3 is 10.1 Å². The molecule has 1 unspecified atom stereocenters. The Bertz CT molecular complexity index is 1080. The Morgan fingerprint density at radius 1 is 0.833 bits per heavy atom. The molecule has 4 aromatic carbocycles. The number of rotatable bonds is 7. The van der Waals surface area contributed by atoms with Crippen molar-refractivity contribution in [2.75, 3.05) is 0 Å². The molecule has 0 spiro atoms. The van der Waals surface area contributed by atoms with E-state index in [1.165, 1.54) is 28.5 Å². The Hall–Kier alpha value is -2.88. The summed E-state index contributed by atoms with van der Waals surface area (Å²) in [4.78, 5) is 0. The molecule has 1 N–H and O–H groups in total. The Kier molecular flexibility index (Phi) is 7.45. The Balaban J connectivity index is 0.00000256. The fourth-order valence-corrected chi connectivity index (χ4v) is 3.49. The Morgan fingerprint density at radius 2 is 1.53 bits per heavy atom. The number of hydrogen-bond donors (Lipinski definition) is 1. The third-order valence-corrected chi connectivity index (χ3v) is 5.19. The van der Waals surface area contributed by atoms with Gasteiger partial charge in [-0.05, 0) is 47.0 Å². The van der Waals surface area contributed by atoms with Gasteiger partial charge in [0.2, 0.25) is 0 Å². The maximum atomic E-state index is 13.2. The summed E-state index contributed by atoms with van der Waals surface area (Å²) in [6.07, 6.45) is 0. The summed E-state index contributed by atoms with van der Waals surface area (Å²) in [6, 6.07) is 29.5. The first-order valence-electron chi connectivity index (χ1n) is 9.87. The van der Waals surface area contributed by atoms with E-state index >= 15 is 0 Å². The number of ether oxygens (including phenoxy) is 1. The topological polar surface area (TPSA) is 21.3 Å². The van der Waals surface area contributed by atoms with E-state index in [-0.39, 0.29) is 24.3 Å². The van der Waals surface area contributed by atoms with Crippen molar-refractivity contribution in [1.82, 2.24) is 5.32 Å². The Morgan fingerprint density at radius 3 is 2.30 bits per heavy atom. The fourth-order valence-electron chi connectivity index (χ4n) is 3.49. The number of halogens is 2. The highest BCUT2D eigenvalue weighted by Gasteiger charge is 2.12. The van der Waals surface area contributed by atoms with Crippen LogP contribution in [0, 0.1) is 5.82 Å². The molecule has 1 atom stereocenters. The molecule has 4 rings (SSSR count). The van der Waals surface area contributed by atoms with Gasteiger partial charge in [0.15, 0.2) is 0 Å². The first-order chi connectivity index (χ1) is 14.2. The van der Waals surface area contributed by atoms with Crippen molar-refractivity contribution in [3.63, 3.8) is 0 Å². The minimum atomic E-state index is -0.237. The molecule has 0 aliphatic rings. The second kappa shape index (κ2) is 10.2. The molecule has 0 radical (unpaired) electrons. The lowest BCUT2D eigenvalue weighted by Gasteiger charge is -2.18. The van der Waals surface area contributed by atoms with E-state index in [0.717, 1.165) is 16.9 Å². The predicted octanol–water partition coefficient (Wildman–Crippen LogP) is 6.83. The molecule has 0 fully saturated rings. The average Bonchev–Trinajstić information content (AvgIpc) is 2.78. The molecule has 0 aromatic heterocycles. The molecule has 2 nitrogen and oxygen atoms in total. The van der Waals surface area contributed by atoms with Gasteiger partial charge in [-0.1, -0.05) is 72.8 Å². The number of fused-ring (bicyclic) bond motifs is 1. The molecule has 154 valence electrons. The van der Waals surface area contributed by atoms with Gasteiger partial charge in [-0.2, -0.15) is 0 Å². The summed E-state index contributed by atoms with van der Waals surface area (Å²) in [7, 11) is 0. The summed E-state index contributed by atoms with van der Waals surface area (Å²) in [5.41, 5.74) is 3.32. The molecule has 4 heteroatoms. The van der Waals surface area contributed by atoms with Crippen molar-refractivity contribution in [2.45, 2.75) is 26.1 Å². The molecular formula is C26H25ClFNO. The van der Waals surface area contributed by atoms with Crippen LogP contribution in [0.2, 0.25) is 0 Å². The van der Waals surface area contributed by atoms with Crippen molar-refractivity contribution in [3.8, 4) is 5.75 Å². The molecular weight excluding hydrogens is 397 g/mol. The van der Waals surface area contributed by atoms with E-state index in [9.17, 15) is 4.39 Å². The normalized spacial score (nSPS) is 11.7. The molecule has 0 aliphatic heterocycles. The van der Waals surface area contributed by atoms with E-state index in [1.54, 1.807) is 12.1 Å². The summed E-state index contributed by atoms with van der Waals surface area (Å²) in [5.74, 6) is 0.611. The number of nitrogens with one attached hydrogen (secondary N) is 1. The quantitative estimate of drug-likeness (QED) is 0.353. The maximum absolute atomic E-state index is 13.2. The summed E-state index contributed by atoms with van der Waals surface area (Å²) < 4.78 is 19.3. The van der Waals surface area contributed by atoms with Gasteiger partial charge in [0, 0.05) is 18.2 Å². The van der Waals surface area contributed by atoms with Crippen molar-refractivity contribution in [1.29, 1.82) is 0 Å². The van der Waals surface area contributed by atoms with Gasteiger partial charge >= 0.3 is 0 Å². The lowest BCUT2D eigenvalue weighted by Crippen LogP contribution is -2.18. The van der Waals surface area contributed by atoms with Gasteiger partial charge in [0.1, 0.15) is 18.2 Å². The molecule has 4 aromatic rings. The van der Waals surface area contributed by atoms with Gasteiger partial charge in [0.05, 0.1) is 0 Å². The van der Waals surface area contributed by atoms with Gasteiger partial charge in [-0.3, -0.25) is 0 Å². The third kappa shape index (κ3) is 5.18. The van der Waals surface area contributed by atoms with Crippen LogP contribution in [0.4, 0.5) is 4.39 Å². The van der Waals surface area contributed by atoms with Crippen LogP contribution in [0.15, 0.2) is 91.0 Å². The van der Waals surface area contributed by atoms with Gasteiger partial charge in [0.25, 0.3) is 0 Å². The van der Waals surface area contributed by atoms with Crippen LogP contribution in [-0.4, -0.2) is 0 Å². The zero-order valence-electron chi connectivity index (χ0n) is 16.8. The van der Waals surface area contributed by atoms with Crippen LogP contribution in [0.1, 0.15) is 29.7 Å². The van der Waals surface area contributed by atoms with Crippen molar-refractivity contribution in [2.24, 2.45) is 0 Å².